The van der Waals surface area contributed by atoms with Gasteiger partial charge in [0.25, 0.3) is 0 Å². The van der Waals surface area contributed by atoms with Crippen molar-refractivity contribution in [3.63, 3.8) is 0 Å². The first-order valence-electron chi connectivity index (χ1n) is 4.84. The largest absolute Gasteiger partial charge is 0.422 e. The van der Waals surface area contributed by atoms with Gasteiger partial charge in [-0.25, -0.2) is 13.6 Å². The van der Waals surface area contributed by atoms with Crippen LogP contribution in [0.25, 0.3) is 0 Å². The molecular weight excluding hydrogens is 216 g/mol. The molecule has 1 atom stereocenters. The molecule has 1 unspecified atom stereocenters. The fourth-order valence-electron chi connectivity index (χ4n) is 1.01. The molecular formula is C11H13F2NO2. The first-order valence-corrected chi connectivity index (χ1v) is 4.84. The van der Waals surface area contributed by atoms with E-state index in [1.54, 1.807) is 13.8 Å². The molecule has 0 saturated heterocycles. The van der Waals surface area contributed by atoms with Gasteiger partial charge in [-0.15, -0.1) is 0 Å². The fourth-order valence-corrected chi connectivity index (χ4v) is 1.01. The summed E-state index contributed by atoms with van der Waals surface area (Å²) in [5, 5.41) is 0. The Bertz CT molecular complexity index is 394. The van der Waals surface area contributed by atoms with Crippen LogP contribution in [-0.2, 0) is 4.79 Å². The van der Waals surface area contributed by atoms with Gasteiger partial charge in [-0.05, 0) is 18.1 Å². The van der Waals surface area contributed by atoms with E-state index in [-0.39, 0.29) is 11.7 Å². The third-order valence-electron chi connectivity index (χ3n) is 2.09. The summed E-state index contributed by atoms with van der Waals surface area (Å²) >= 11 is 0. The number of nitrogens with two attached hydrogens (primary N) is 1. The van der Waals surface area contributed by atoms with Crippen molar-refractivity contribution in [2.75, 3.05) is 0 Å². The van der Waals surface area contributed by atoms with Crippen LogP contribution in [0, 0.1) is 17.6 Å². The Morgan fingerprint density at radius 1 is 1.38 bits per heavy atom. The Morgan fingerprint density at radius 3 is 2.50 bits per heavy atom. The van der Waals surface area contributed by atoms with Gasteiger partial charge in [0.1, 0.15) is 11.9 Å². The van der Waals surface area contributed by atoms with E-state index in [1.807, 2.05) is 0 Å². The molecule has 88 valence electrons. The van der Waals surface area contributed by atoms with Gasteiger partial charge >= 0.3 is 5.97 Å². The number of halogens is 2. The maximum Gasteiger partial charge on any atom is 0.328 e. The van der Waals surface area contributed by atoms with Crippen molar-refractivity contribution in [1.29, 1.82) is 0 Å². The number of rotatable bonds is 3. The molecule has 1 aromatic carbocycles. The molecule has 0 saturated carbocycles. The summed E-state index contributed by atoms with van der Waals surface area (Å²) in [4.78, 5) is 11.4. The maximum atomic E-state index is 13.1. The third-order valence-corrected chi connectivity index (χ3v) is 2.09. The van der Waals surface area contributed by atoms with Crippen LogP contribution >= 0.6 is 0 Å². The van der Waals surface area contributed by atoms with E-state index >= 15 is 0 Å². The van der Waals surface area contributed by atoms with E-state index in [9.17, 15) is 13.6 Å². The van der Waals surface area contributed by atoms with Gasteiger partial charge in [-0.1, -0.05) is 13.8 Å². The van der Waals surface area contributed by atoms with Crippen LogP contribution in [-0.4, -0.2) is 12.0 Å². The number of benzene rings is 1. The minimum Gasteiger partial charge on any atom is -0.422 e. The Kier molecular flexibility index (Phi) is 3.95. The first-order chi connectivity index (χ1) is 7.41. The Balaban J connectivity index is 2.77. The van der Waals surface area contributed by atoms with E-state index in [1.165, 1.54) is 0 Å². The molecule has 0 heterocycles. The molecule has 5 heteroatoms. The fraction of sp³-hybridized carbons (Fsp3) is 0.364. The molecule has 0 radical (unpaired) electrons. The van der Waals surface area contributed by atoms with Gasteiger partial charge < -0.3 is 10.5 Å². The third kappa shape index (κ3) is 3.00. The monoisotopic (exact) mass is 229 g/mol. The normalized spacial score (nSPS) is 12.6. The highest BCUT2D eigenvalue weighted by atomic mass is 19.1. The highest BCUT2D eigenvalue weighted by Gasteiger charge is 2.20. The van der Waals surface area contributed by atoms with Crippen LogP contribution in [0.4, 0.5) is 8.78 Å². The summed E-state index contributed by atoms with van der Waals surface area (Å²) in [7, 11) is 0. The van der Waals surface area contributed by atoms with Crippen LogP contribution < -0.4 is 10.5 Å². The summed E-state index contributed by atoms with van der Waals surface area (Å²) in [6, 6.07) is 1.87. The SMILES string of the molecule is CC(C)C(N)C(=O)Oc1ccc(F)cc1F. The number of hydrogen-bond donors (Lipinski definition) is 1. The zero-order valence-electron chi connectivity index (χ0n) is 9.04. The molecule has 0 amide bonds. The zero-order valence-corrected chi connectivity index (χ0v) is 9.04. The van der Waals surface area contributed by atoms with Crippen LogP contribution in [0.1, 0.15) is 13.8 Å². The van der Waals surface area contributed by atoms with Gasteiger partial charge in [0.05, 0.1) is 0 Å². The minimum absolute atomic E-state index is 0.115. The van der Waals surface area contributed by atoms with Crippen LogP contribution in [0.15, 0.2) is 18.2 Å². The summed E-state index contributed by atoms with van der Waals surface area (Å²) in [6.07, 6.45) is 0. The molecule has 0 aromatic heterocycles. The molecule has 0 bridgehead atoms. The molecule has 0 aliphatic carbocycles. The molecule has 1 aromatic rings. The molecule has 0 fully saturated rings. The van der Waals surface area contributed by atoms with Crippen LogP contribution in [0.5, 0.6) is 5.75 Å². The summed E-state index contributed by atoms with van der Waals surface area (Å²) in [5.74, 6) is -2.83. The number of carbonyl (C=O) groups excluding carboxylic acids is 1. The minimum atomic E-state index is -0.927. The molecule has 2 N–H and O–H groups in total. The molecule has 0 aliphatic heterocycles. The maximum absolute atomic E-state index is 13.1. The Morgan fingerprint density at radius 2 is 2.00 bits per heavy atom. The average Bonchev–Trinajstić information content (AvgIpc) is 2.20. The van der Waals surface area contributed by atoms with Gasteiger partial charge in [-0.3, -0.25) is 0 Å². The standard InChI is InChI=1S/C11H13F2NO2/c1-6(2)10(14)11(15)16-9-4-3-7(12)5-8(9)13/h3-6,10H,14H2,1-2H3. The predicted octanol–water partition coefficient (Wildman–Crippen LogP) is 1.85. The Hall–Kier alpha value is -1.49. The number of hydrogen-bond acceptors (Lipinski definition) is 3. The summed E-state index contributed by atoms with van der Waals surface area (Å²) in [6.45, 7) is 3.49. The van der Waals surface area contributed by atoms with Crippen molar-refractivity contribution in [2.24, 2.45) is 11.7 Å². The number of ether oxygens (including phenoxy) is 1. The van der Waals surface area contributed by atoms with Crippen molar-refractivity contribution < 1.29 is 18.3 Å². The van der Waals surface area contributed by atoms with Crippen molar-refractivity contribution in [1.82, 2.24) is 0 Å². The second-order valence-corrected chi connectivity index (χ2v) is 3.77. The van der Waals surface area contributed by atoms with Gasteiger partial charge in [0, 0.05) is 6.07 Å². The highest BCUT2D eigenvalue weighted by Crippen LogP contribution is 2.18. The number of carbonyl (C=O) groups is 1. The van der Waals surface area contributed by atoms with E-state index in [0.717, 1.165) is 12.1 Å². The molecule has 0 aliphatic rings. The summed E-state index contributed by atoms with van der Waals surface area (Å²) < 4.78 is 30.4. The molecule has 3 nitrogen and oxygen atoms in total. The van der Waals surface area contributed by atoms with Crippen molar-refractivity contribution in [3.05, 3.63) is 29.8 Å². The van der Waals surface area contributed by atoms with E-state index in [2.05, 4.69) is 0 Å². The van der Waals surface area contributed by atoms with Crippen molar-refractivity contribution >= 4 is 5.97 Å². The number of esters is 1. The lowest BCUT2D eigenvalue weighted by Gasteiger charge is -2.14. The average molecular weight is 229 g/mol. The second kappa shape index (κ2) is 5.03. The summed E-state index contributed by atoms with van der Waals surface area (Å²) in [5.41, 5.74) is 5.52. The predicted molar refractivity (Wildman–Crippen MR) is 54.8 cm³/mol. The molecule has 0 spiro atoms. The second-order valence-electron chi connectivity index (χ2n) is 3.77. The van der Waals surface area contributed by atoms with E-state index in [4.69, 9.17) is 10.5 Å². The lowest BCUT2D eigenvalue weighted by atomic mass is 10.1. The van der Waals surface area contributed by atoms with Gasteiger partial charge in [-0.2, -0.15) is 0 Å². The highest BCUT2D eigenvalue weighted by molar-refractivity contribution is 5.78. The van der Waals surface area contributed by atoms with Crippen LogP contribution in [0.2, 0.25) is 0 Å². The topological polar surface area (TPSA) is 52.3 Å². The van der Waals surface area contributed by atoms with E-state index in [0.29, 0.717) is 6.07 Å². The quantitative estimate of drug-likeness (QED) is 0.635. The van der Waals surface area contributed by atoms with E-state index < -0.39 is 23.6 Å². The van der Waals surface area contributed by atoms with Crippen LogP contribution in [0.3, 0.4) is 0 Å². The smallest absolute Gasteiger partial charge is 0.328 e. The van der Waals surface area contributed by atoms with Gasteiger partial charge in [0.2, 0.25) is 0 Å². The van der Waals surface area contributed by atoms with Crippen molar-refractivity contribution in [3.8, 4) is 5.75 Å². The van der Waals surface area contributed by atoms with Gasteiger partial charge in [0.15, 0.2) is 11.6 Å². The lowest BCUT2D eigenvalue weighted by molar-refractivity contribution is -0.137. The first kappa shape index (κ1) is 12.6. The molecule has 1 rings (SSSR count). The Labute approximate surface area is 92.2 Å². The lowest BCUT2D eigenvalue weighted by Crippen LogP contribution is -2.38. The zero-order chi connectivity index (χ0) is 12.3. The van der Waals surface area contributed by atoms with Crippen molar-refractivity contribution in [2.45, 2.75) is 19.9 Å². The molecule has 16 heavy (non-hydrogen) atoms.